The maximum absolute atomic E-state index is 5.64. The van der Waals surface area contributed by atoms with Crippen molar-refractivity contribution in [3.05, 3.63) is 194 Å². The van der Waals surface area contributed by atoms with Crippen molar-refractivity contribution in [1.29, 1.82) is 0 Å². The van der Waals surface area contributed by atoms with Gasteiger partial charge >= 0.3 is 0 Å². The Morgan fingerprint density at radius 3 is 1.90 bits per heavy atom. The molecule has 0 aliphatic rings. The van der Waals surface area contributed by atoms with Gasteiger partial charge in [0.2, 0.25) is 5.95 Å². The normalized spacial score (nSPS) is 12.3. The van der Waals surface area contributed by atoms with E-state index in [1.165, 1.54) is 86.6 Å². The van der Waals surface area contributed by atoms with Gasteiger partial charge in [-0.2, -0.15) is 0 Å². The smallest absolute Gasteiger partial charge is 0.235 e. The Kier molecular flexibility index (Phi) is 6.68. The standard InChI is InChI=1S/C56H32N4S/c1-3-13-33(14-4-1)37-26-28-46-44(30-37)50-48(32-43-40-27-25-38(34-15-5-2-6-16-34)31-47(40)59-45-21-11-9-19-41(45)51(50)54(43)59)60(46)56-57-52(39-24-23-35-17-7-8-18-36(35)29-39)55-53(58-56)42-20-10-12-22-49(42)61-55/h1-32H. The summed E-state index contributed by atoms with van der Waals surface area (Å²) in [6, 6.07) is 70.5. The maximum Gasteiger partial charge on any atom is 0.235 e. The SMILES string of the molecule is c1ccc(-c2ccc3c(c2)c2c4c5ccccc5n5c6cc(-c7ccccc7)ccc6c(cc2n3-c2nc(-c3ccc6ccccc6c3)c3sc6ccccc6c3n2)c45)cc1. The largest absolute Gasteiger partial charge is 0.308 e. The fourth-order valence-electron chi connectivity index (χ4n) is 10.1. The predicted molar refractivity (Wildman–Crippen MR) is 258 cm³/mol. The number of hydrogen-bond donors (Lipinski definition) is 0. The molecule has 0 bridgehead atoms. The van der Waals surface area contributed by atoms with Crippen LogP contribution in [-0.2, 0) is 0 Å². The second-order valence-electron chi connectivity index (χ2n) is 16.1. The number of aromatic nitrogens is 4. The highest BCUT2D eigenvalue weighted by Gasteiger charge is 2.26. The number of hydrogen-bond acceptors (Lipinski definition) is 3. The monoisotopic (exact) mass is 792 g/mol. The molecule has 0 aliphatic heterocycles. The van der Waals surface area contributed by atoms with E-state index < -0.39 is 0 Å². The van der Waals surface area contributed by atoms with Crippen LogP contribution in [0.3, 0.4) is 0 Å². The summed E-state index contributed by atoms with van der Waals surface area (Å²) in [5, 5.41) is 10.9. The van der Waals surface area contributed by atoms with Gasteiger partial charge in [0.05, 0.1) is 43.5 Å². The van der Waals surface area contributed by atoms with Crippen LogP contribution in [0, 0.1) is 0 Å². The van der Waals surface area contributed by atoms with E-state index in [1.54, 1.807) is 11.3 Å². The summed E-state index contributed by atoms with van der Waals surface area (Å²) in [4.78, 5) is 11.2. The molecular weight excluding hydrogens is 761 g/mol. The highest BCUT2D eigenvalue weighted by atomic mass is 32.1. The number of para-hydroxylation sites is 1. The first-order chi connectivity index (χ1) is 30.2. The molecule has 4 nitrogen and oxygen atoms in total. The van der Waals surface area contributed by atoms with E-state index in [0.717, 1.165) is 37.9 Å². The Morgan fingerprint density at radius 1 is 0.377 bits per heavy atom. The zero-order valence-corrected chi connectivity index (χ0v) is 33.5. The van der Waals surface area contributed by atoms with Crippen LogP contribution in [0.5, 0.6) is 0 Å². The molecule has 0 unspecified atom stereocenters. The van der Waals surface area contributed by atoms with Crippen LogP contribution in [0.4, 0.5) is 0 Å². The van der Waals surface area contributed by atoms with Crippen LogP contribution >= 0.6 is 11.3 Å². The third-order valence-electron chi connectivity index (χ3n) is 12.8. The van der Waals surface area contributed by atoms with Crippen molar-refractivity contribution in [3.8, 4) is 39.5 Å². The highest BCUT2D eigenvalue weighted by molar-refractivity contribution is 7.26. The predicted octanol–water partition coefficient (Wildman–Crippen LogP) is 15.2. The Bertz CT molecular complexity index is 4100. The van der Waals surface area contributed by atoms with Gasteiger partial charge in [-0.3, -0.25) is 4.57 Å². The Hall–Kier alpha value is -7.86. The molecule has 14 rings (SSSR count). The van der Waals surface area contributed by atoms with Gasteiger partial charge in [0.15, 0.2) is 0 Å². The number of benzene rings is 9. The Labute approximate surface area is 353 Å². The van der Waals surface area contributed by atoms with Crippen LogP contribution in [-0.4, -0.2) is 18.9 Å². The first-order valence-electron chi connectivity index (χ1n) is 20.7. The number of fused-ring (bicyclic) bond motifs is 14. The number of thiophene rings is 1. The molecule has 5 aromatic heterocycles. The molecule has 5 heterocycles. The van der Waals surface area contributed by atoms with Gasteiger partial charge in [-0.25, -0.2) is 9.97 Å². The minimum Gasteiger partial charge on any atom is -0.308 e. The zero-order chi connectivity index (χ0) is 39.8. The molecule has 0 amide bonds. The topological polar surface area (TPSA) is 35.1 Å². The lowest BCUT2D eigenvalue weighted by Gasteiger charge is -2.11. The van der Waals surface area contributed by atoms with Gasteiger partial charge in [-0.05, 0) is 75.5 Å². The van der Waals surface area contributed by atoms with Crippen LogP contribution in [0.1, 0.15) is 0 Å². The molecule has 0 atom stereocenters. The molecule has 0 fully saturated rings. The van der Waals surface area contributed by atoms with Crippen LogP contribution in [0.25, 0.3) is 130 Å². The van der Waals surface area contributed by atoms with Crippen molar-refractivity contribution in [3.63, 3.8) is 0 Å². The second kappa shape index (κ2) is 12.3. The molecule has 61 heavy (non-hydrogen) atoms. The lowest BCUT2D eigenvalue weighted by atomic mass is 9.99. The summed E-state index contributed by atoms with van der Waals surface area (Å²) in [6.07, 6.45) is 0. The van der Waals surface area contributed by atoms with Crippen LogP contribution < -0.4 is 0 Å². The van der Waals surface area contributed by atoms with Gasteiger partial charge in [0, 0.05) is 48.0 Å². The summed E-state index contributed by atoms with van der Waals surface area (Å²) < 4.78 is 7.15. The maximum atomic E-state index is 5.64. The van der Waals surface area contributed by atoms with E-state index >= 15 is 0 Å². The first-order valence-corrected chi connectivity index (χ1v) is 21.6. The molecule has 9 aromatic carbocycles. The minimum absolute atomic E-state index is 0.666. The average molecular weight is 793 g/mol. The second-order valence-corrected chi connectivity index (χ2v) is 17.2. The van der Waals surface area contributed by atoms with E-state index in [2.05, 4.69) is 203 Å². The third kappa shape index (κ3) is 4.64. The zero-order valence-electron chi connectivity index (χ0n) is 32.7. The molecule has 0 N–H and O–H groups in total. The van der Waals surface area contributed by atoms with Gasteiger partial charge in [0.1, 0.15) is 0 Å². The van der Waals surface area contributed by atoms with Gasteiger partial charge in [-0.1, -0.05) is 152 Å². The third-order valence-corrected chi connectivity index (χ3v) is 14.0. The van der Waals surface area contributed by atoms with Crippen molar-refractivity contribution >= 4 is 102 Å². The van der Waals surface area contributed by atoms with Gasteiger partial charge in [-0.15, -0.1) is 11.3 Å². The summed E-state index contributed by atoms with van der Waals surface area (Å²) >= 11 is 1.77. The van der Waals surface area contributed by atoms with E-state index in [-0.39, 0.29) is 0 Å². The molecule has 0 spiro atoms. The number of nitrogens with zero attached hydrogens (tertiary/aromatic N) is 4. The summed E-state index contributed by atoms with van der Waals surface area (Å²) in [6.45, 7) is 0. The molecule has 14 aromatic rings. The molecule has 0 aliphatic carbocycles. The molecule has 0 radical (unpaired) electrons. The minimum atomic E-state index is 0.666. The van der Waals surface area contributed by atoms with Crippen LogP contribution in [0.2, 0.25) is 0 Å². The van der Waals surface area contributed by atoms with Crippen molar-refractivity contribution in [1.82, 2.24) is 18.9 Å². The Balaban J connectivity index is 1.16. The lowest BCUT2D eigenvalue weighted by Crippen LogP contribution is -2.02. The van der Waals surface area contributed by atoms with E-state index in [4.69, 9.17) is 9.97 Å². The molecule has 5 heteroatoms. The van der Waals surface area contributed by atoms with Crippen molar-refractivity contribution < 1.29 is 0 Å². The highest BCUT2D eigenvalue weighted by Crippen LogP contribution is 2.48. The van der Waals surface area contributed by atoms with Crippen LogP contribution in [0.15, 0.2) is 194 Å². The van der Waals surface area contributed by atoms with E-state index in [1.807, 2.05) is 0 Å². The average Bonchev–Trinajstić information content (AvgIpc) is 4.06. The van der Waals surface area contributed by atoms with Gasteiger partial charge < -0.3 is 4.40 Å². The number of rotatable bonds is 4. The summed E-state index contributed by atoms with van der Waals surface area (Å²) in [5.41, 5.74) is 13.6. The fourth-order valence-corrected chi connectivity index (χ4v) is 11.3. The molecule has 282 valence electrons. The van der Waals surface area contributed by atoms with Crippen molar-refractivity contribution in [2.24, 2.45) is 0 Å². The Morgan fingerprint density at radius 2 is 1.07 bits per heavy atom. The lowest BCUT2D eigenvalue weighted by molar-refractivity contribution is 1.02. The summed E-state index contributed by atoms with van der Waals surface area (Å²) in [7, 11) is 0. The molecule has 0 saturated heterocycles. The fraction of sp³-hybridized carbons (Fsp3) is 0. The van der Waals surface area contributed by atoms with Gasteiger partial charge in [0.25, 0.3) is 0 Å². The molecular formula is C56H32N4S. The quantitative estimate of drug-likeness (QED) is 0.178. The summed E-state index contributed by atoms with van der Waals surface area (Å²) in [5.74, 6) is 0.666. The van der Waals surface area contributed by atoms with E-state index in [9.17, 15) is 0 Å². The van der Waals surface area contributed by atoms with Crippen molar-refractivity contribution in [2.45, 2.75) is 0 Å². The first kappa shape index (κ1) is 33.0. The van der Waals surface area contributed by atoms with Crippen molar-refractivity contribution in [2.75, 3.05) is 0 Å². The van der Waals surface area contributed by atoms with E-state index in [0.29, 0.717) is 5.95 Å². The molecule has 0 saturated carbocycles.